The minimum Gasteiger partial charge on any atom is -0.522 e. The average Bonchev–Trinajstić information content (AvgIpc) is 2.59. The first kappa shape index (κ1) is 10.8. The fourth-order valence-electron chi connectivity index (χ4n) is 1.17. The number of alkyl halides is 3. The number of hydrogen-bond donors (Lipinski definition) is 0. The van der Waals surface area contributed by atoms with Crippen LogP contribution in [-0.4, -0.2) is 15.6 Å². The Morgan fingerprint density at radius 1 is 1.00 bits per heavy atom. The predicted molar refractivity (Wildman–Crippen MR) is 67.8 cm³/mol. The van der Waals surface area contributed by atoms with E-state index in [1.54, 1.807) is 0 Å². The van der Waals surface area contributed by atoms with Crippen molar-refractivity contribution in [2.45, 2.75) is 8.46 Å². The predicted octanol–water partition coefficient (Wildman–Crippen LogP) is 3.36. The summed E-state index contributed by atoms with van der Waals surface area (Å²) in [5.74, 6) is 1.59. The molecule has 2 rings (SSSR count). The van der Waals surface area contributed by atoms with Crippen molar-refractivity contribution < 1.29 is 9.31 Å². The van der Waals surface area contributed by atoms with E-state index in [4.69, 9.17) is 9.31 Å². The van der Waals surface area contributed by atoms with Gasteiger partial charge in [-0.1, -0.05) is 59.9 Å². The maximum absolute atomic E-state index is 5.60. The van der Waals surface area contributed by atoms with Crippen molar-refractivity contribution in [3.8, 4) is 11.5 Å². The second-order valence-electron chi connectivity index (χ2n) is 2.83. The standard InChI is InChI=1S/C8H6BBr3O2/c10-7(8(11)12)9-13-5-3-1-2-4-6(5)14-9/h1-4,7-8H. The Kier molecular flexibility index (Phi) is 3.44. The molecule has 14 heavy (non-hydrogen) atoms. The van der Waals surface area contributed by atoms with Gasteiger partial charge in [-0.05, 0) is 12.1 Å². The highest BCUT2D eigenvalue weighted by Crippen LogP contribution is 2.36. The summed E-state index contributed by atoms with van der Waals surface area (Å²) in [5.41, 5.74) is 0. The van der Waals surface area contributed by atoms with Gasteiger partial charge in [-0.25, -0.2) is 0 Å². The lowest BCUT2D eigenvalue weighted by Crippen LogP contribution is -2.38. The lowest BCUT2D eigenvalue weighted by molar-refractivity contribution is 0.497. The van der Waals surface area contributed by atoms with Crippen LogP contribution in [0.1, 0.15) is 0 Å². The van der Waals surface area contributed by atoms with Crippen LogP contribution in [0.4, 0.5) is 0 Å². The number of hydrogen-bond acceptors (Lipinski definition) is 2. The summed E-state index contributed by atoms with van der Waals surface area (Å²) in [6, 6.07) is 7.64. The second kappa shape index (κ2) is 4.45. The van der Waals surface area contributed by atoms with Gasteiger partial charge in [0.25, 0.3) is 0 Å². The van der Waals surface area contributed by atoms with Crippen molar-refractivity contribution in [3.05, 3.63) is 24.3 Å². The van der Waals surface area contributed by atoms with E-state index >= 15 is 0 Å². The van der Waals surface area contributed by atoms with Gasteiger partial charge in [-0.15, -0.1) is 0 Å². The molecule has 0 N–H and O–H groups in total. The first-order chi connectivity index (χ1) is 6.68. The van der Waals surface area contributed by atoms with E-state index in [-0.39, 0.29) is 15.6 Å². The molecule has 0 spiro atoms. The quantitative estimate of drug-likeness (QED) is 0.575. The molecule has 1 unspecified atom stereocenters. The summed E-state index contributed by atoms with van der Waals surface area (Å²) in [6.45, 7) is 0. The Labute approximate surface area is 108 Å². The highest BCUT2D eigenvalue weighted by molar-refractivity contribution is 9.25. The van der Waals surface area contributed by atoms with Gasteiger partial charge in [0, 0.05) is 0 Å². The Morgan fingerprint density at radius 2 is 1.50 bits per heavy atom. The summed E-state index contributed by atoms with van der Waals surface area (Å²) in [7, 11) is -0.295. The molecule has 0 saturated heterocycles. The van der Waals surface area contributed by atoms with Crippen molar-refractivity contribution >= 4 is 54.9 Å². The van der Waals surface area contributed by atoms with E-state index < -0.39 is 0 Å². The molecule has 0 fully saturated rings. The van der Waals surface area contributed by atoms with Crippen LogP contribution in [0.25, 0.3) is 0 Å². The number of rotatable bonds is 2. The van der Waals surface area contributed by atoms with Gasteiger partial charge in [-0.2, -0.15) is 0 Å². The fourth-order valence-corrected chi connectivity index (χ4v) is 1.88. The van der Waals surface area contributed by atoms with Gasteiger partial charge in [0.2, 0.25) is 0 Å². The van der Waals surface area contributed by atoms with Gasteiger partial charge < -0.3 is 9.31 Å². The van der Waals surface area contributed by atoms with Gasteiger partial charge in [0.1, 0.15) is 11.5 Å². The van der Waals surface area contributed by atoms with E-state index in [1.807, 2.05) is 24.3 Å². The van der Waals surface area contributed by atoms with Gasteiger partial charge in [0.15, 0.2) is 0 Å². The minimum atomic E-state index is -0.295. The molecule has 1 aromatic carbocycles. The van der Waals surface area contributed by atoms with E-state index in [1.165, 1.54) is 0 Å². The molecule has 1 atom stereocenters. The zero-order chi connectivity index (χ0) is 10.1. The first-order valence-electron chi connectivity index (χ1n) is 4.03. The number of fused-ring (bicyclic) bond motifs is 1. The third kappa shape index (κ3) is 2.12. The van der Waals surface area contributed by atoms with E-state index in [2.05, 4.69) is 47.8 Å². The molecule has 2 nitrogen and oxygen atoms in total. The Balaban J connectivity index is 2.12. The zero-order valence-corrected chi connectivity index (χ0v) is 11.7. The Bertz CT molecular complexity index is 309. The second-order valence-corrected chi connectivity index (χ2v) is 7.09. The van der Waals surface area contributed by atoms with Crippen LogP contribution in [0, 0.1) is 0 Å². The molecule has 0 saturated carbocycles. The molecule has 0 radical (unpaired) electrons. The monoisotopic (exact) mass is 382 g/mol. The Morgan fingerprint density at radius 3 is 1.93 bits per heavy atom. The normalized spacial score (nSPS) is 16.1. The largest absolute Gasteiger partial charge is 0.611 e. The van der Waals surface area contributed by atoms with Crippen LogP contribution in [0.3, 0.4) is 0 Å². The lowest BCUT2D eigenvalue weighted by atomic mass is 9.86. The average molecular weight is 385 g/mol. The van der Waals surface area contributed by atoms with Gasteiger partial charge in [-0.3, -0.25) is 0 Å². The Hall–Kier alpha value is 0.325. The number of halogens is 3. The van der Waals surface area contributed by atoms with Crippen LogP contribution in [0.15, 0.2) is 24.3 Å². The van der Waals surface area contributed by atoms with Gasteiger partial charge >= 0.3 is 7.12 Å². The van der Waals surface area contributed by atoms with Crippen molar-refractivity contribution in [1.82, 2.24) is 0 Å². The van der Waals surface area contributed by atoms with Crippen LogP contribution in [0.5, 0.6) is 11.5 Å². The first-order valence-corrected chi connectivity index (χ1v) is 6.78. The third-order valence-electron chi connectivity index (χ3n) is 1.84. The summed E-state index contributed by atoms with van der Waals surface area (Å²) in [5, 5.41) is 0. The number of benzene rings is 1. The molecule has 0 aromatic heterocycles. The molecule has 74 valence electrons. The summed E-state index contributed by atoms with van der Waals surface area (Å²) in [6.07, 6.45) is 0. The molecular weight excluding hydrogens is 379 g/mol. The summed E-state index contributed by atoms with van der Waals surface area (Å²) in [4.78, 5) is 0. The van der Waals surface area contributed by atoms with Crippen molar-refractivity contribution in [1.29, 1.82) is 0 Å². The number of para-hydroxylation sites is 2. The van der Waals surface area contributed by atoms with Crippen molar-refractivity contribution in [2.75, 3.05) is 0 Å². The lowest BCUT2D eigenvalue weighted by Gasteiger charge is -2.12. The molecule has 1 heterocycles. The molecule has 0 aliphatic carbocycles. The zero-order valence-electron chi connectivity index (χ0n) is 6.99. The fraction of sp³-hybridized carbons (Fsp3) is 0.250. The maximum atomic E-state index is 5.60. The molecule has 1 aromatic rings. The molecule has 1 aliphatic rings. The highest BCUT2D eigenvalue weighted by atomic mass is 79.9. The molecule has 6 heteroatoms. The minimum absolute atomic E-state index is 0.0508. The van der Waals surface area contributed by atoms with Crippen LogP contribution in [-0.2, 0) is 0 Å². The highest BCUT2D eigenvalue weighted by Gasteiger charge is 2.41. The van der Waals surface area contributed by atoms with Crippen LogP contribution >= 0.6 is 47.8 Å². The van der Waals surface area contributed by atoms with E-state index in [9.17, 15) is 0 Å². The van der Waals surface area contributed by atoms with E-state index in [0.717, 1.165) is 11.5 Å². The smallest absolute Gasteiger partial charge is 0.522 e. The SMILES string of the molecule is BrC(Br)C(Br)B1Oc2ccccc2O1. The summed E-state index contributed by atoms with van der Waals surface area (Å²) >= 11 is 10.3. The topological polar surface area (TPSA) is 18.5 Å². The van der Waals surface area contributed by atoms with Crippen molar-refractivity contribution in [2.24, 2.45) is 0 Å². The third-order valence-corrected chi connectivity index (χ3v) is 5.35. The summed E-state index contributed by atoms with van der Waals surface area (Å²) < 4.78 is 11.4. The molecule has 0 amide bonds. The molecular formula is C8H6BBr3O2. The van der Waals surface area contributed by atoms with Crippen LogP contribution in [0.2, 0.25) is 0 Å². The van der Waals surface area contributed by atoms with Crippen LogP contribution < -0.4 is 9.31 Å². The van der Waals surface area contributed by atoms with Crippen molar-refractivity contribution in [3.63, 3.8) is 0 Å². The maximum Gasteiger partial charge on any atom is 0.611 e. The molecule has 1 aliphatic heterocycles. The van der Waals surface area contributed by atoms with Gasteiger partial charge in [0.05, 0.1) is 8.46 Å². The van der Waals surface area contributed by atoms with E-state index in [0.29, 0.717) is 0 Å². The molecule has 0 bridgehead atoms.